The largest absolute Gasteiger partial charge is 0.455 e. The van der Waals surface area contributed by atoms with Gasteiger partial charge in [-0.05, 0) is 60.1 Å². The van der Waals surface area contributed by atoms with Crippen LogP contribution in [-0.4, -0.2) is 48.5 Å². The quantitative estimate of drug-likeness (QED) is 0.325. The third kappa shape index (κ3) is 6.54. The molecule has 0 spiro atoms. The number of primary amides is 1. The topological polar surface area (TPSA) is 97.7 Å². The maximum atomic E-state index is 12.1. The molecule has 2 heterocycles. The van der Waals surface area contributed by atoms with Crippen LogP contribution >= 0.6 is 23.2 Å². The minimum Gasteiger partial charge on any atom is -0.455 e. The van der Waals surface area contributed by atoms with Gasteiger partial charge in [-0.25, -0.2) is 4.98 Å². The first-order chi connectivity index (χ1) is 19.1. The van der Waals surface area contributed by atoms with Gasteiger partial charge in [0.15, 0.2) is 0 Å². The summed E-state index contributed by atoms with van der Waals surface area (Å²) in [6.07, 6.45) is 4.86. The normalized spacial score (nSPS) is 17.6. The number of hydrogen-bond acceptors (Lipinski definition) is 6. The number of halogens is 2. The Morgan fingerprint density at radius 3 is 2.45 bits per heavy atom. The number of carbonyl (C=O) groups excluding carboxylic acids is 1. The van der Waals surface area contributed by atoms with E-state index in [-0.39, 0.29) is 16.4 Å². The molecule has 9 heteroatoms. The number of pyridine rings is 1. The minimum absolute atomic E-state index is 0.212. The Morgan fingerprint density at radius 2 is 1.77 bits per heavy atom. The molecule has 1 aliphatic heterocycles. The van der Waals surface area contributed by atoms with E-state index in [2.05, 4.69) is 40.8 Å². The number of aromatic nitrogens is 1. The van der Waals surface area contributed by atoms with Gasteiger partial charge in [-0.2, -0.15) is 0 Å². The molecule has 5 rings (SSSR count). The van der Waals surface area contributed by atoms with E-state index in [4.69, 9.17) is 39.4 Å². The molecular weight excluding hydrogens is 545 g/mol. The lowest BCUT2D eigenvalue weighted by molar-refractivity contribution is 0.0998. The number of piperazine rings is 1. The first kappa shape index (κ1) is 28.3. The van der Waals surface area contributed by atoms with Crippen molar-refractivity contribution in [3.8, 4) is 11.5 Å². The van der Waals surface area contributed by atoms with Gasteiger partial charge in [0, 0.05) is 55.6 Å². The number of amides is 1. The molecule has 2 aliphatic rings. The number of nitrogens with zero attached hydrogens (tertiary/aromatic N) is 3. The lowest BCUT2D eigenvalue weighted by Crippen LogP contribution is -2.47. The van der Waals surface area contributed by atoms with Gasteiger partial charge in [0.1, 0.15) is 17.3 Å². The molecule has 0 atom stereocenters. The summed E-state index contributed by atoms with van der Waals surface area (Å²) in [7, 11) is 0. The highest BCUT2D eigenvalue weighted by Crippen LogP contribution is 2.43. The van der Waals surface area contributed by atoms with Crippen molar-refractivity contribution >= 4 is 46.2 Å². The van der Waals surface area contributed by atoms with Crippen LogP contribution in [0, 0.1) is 5.41 Å². The zero-order chi connectivity index (χ0) is 28.4. The summed E-state index contributed by atoms with van der Waals surface area (Å²) in [5.74, 6) is 0.381. The van der Waals surface area contributed by atoms with Crippen molar-refractivity contribution in [1.82, 2.24) is 9.88 Å². The second kappa shape index (κ2) is 11.7. The van der Waals surface area contributed by atoms with Crippen LogP contribution in [0.15, 0.2) is 60.3 Å². The monoisotopic (exact) mass is 579 g/mol. The number of nitrogens with two attached hydrogens (primary N) is 2. The number of anilines is 2. The molecular formula is C31H35Cl2N5O2. The van der Waals surface area contributed by atoms with E-state index in [0.717, 1.165) is 56.3 Å². The highest BCUT2D eigenvalue weighted by molar-refractivity contribution is 6.32. The van der Waals surface area contributed by atoms with Crippen molar-refractivity contribution in [2.45, 2.75) is 33.1 Å². The van der Waals surface area contributed by atoms with E-state index >= 15 is 0 Å². The Kier molecular flexibility index (Phi) is 8.26. The molecule has 1 amide bonds. The van der Waals surface area contributed by atoms with Crippen LogP contribution in [0.4, 0.5) is 11.5 Å². The van der Waals surface area contributed by atoms with E-state index < -0.39 is 5.91 Å². The van der Waals surface area contributed by atoms with Gasteiger partial charge >= 0.3 is 0 Å². The molecule has 1 fully saturated rings. The SMILES string of the molecule is CC1(C)CCC(CN2CCN(c3ccc(C(N)=O)c(Oc4cnc(N)c(Cl)c4)c3)CC2)=C(c2ccc(Cl)cc2)C1. The summed E-state index contributed by atoms with van der Waals surface area (Å²) in [5.41, 5.74) is 17.2. The predicted molar refractivity (Wildman–Crippen MR) is 163 cm³/mol. The van der Waals surface area contributed by atoms with E-state index in [1.54, 1.807) is 12.1 Å². The van der Waals surface area contributed by atoms with Crippen molar-refractivity contribution in [3.63, 3.8) is 0 Å². The van der Waals surface area contributed by atoms with Crippen LogP contribution in [0.25, 0.3) is 5.57 Å². The fraction of sp³-hybridized carbons (Fsp3) is 0.355. The number of allylic oxidation sites excluding steroid dienone is 1. The molecule has 0 radical (unpaired) electrons. The average Bonchev–Trinajstić information content (AvgIpc) is 2.92. The Bertz CT molecular complexity index is 1430. The zero-order valence-corrected chi connectivity index (χ0v) is 24.4. The van der Waals surface area contributed by atoms with Crippen molar-refractivity contribution in [3.05, 3.63) is 81.5 Å². The highest BCUT2D eigenvalue weighted by atomic mass is 35.5. The Hall–Kier alpha value is -3.26. The number of nitrogen functional groups attached to an aromatic ring is 1. The first-order valence-electron chi connectivity index (χ1n) is 13.5. The lowest BCUT2D eigenvalue weighted by atomic mass is 9.72. The molecule has 0 unspecified atom stereocenters. The van der Waals surface area contributed by atoms with Crippen LogP contribution in [0.1, 0.15) is 49.0 Å². The first-order valence-corrected chi connectivity index (χ1v) is 14.3. The third-order valence-corrected chi connectivity index (χ3v) is 8.39. The number of ether oxygens (including phenoxy) is 1. The van der Waals surface area contributed by atoms with Gasteiger partial charge in [0.2, 0.25) is 0 Å². The molecule has 3 aromatic rings. The van der Waals surface area contributed by atoms with E-state index in [0.29, 0.717) is 16.9 Å². The lowest BCUT2D eigenvalue weighted by Gasteiger charge is -2.39. The molecule has 1 aliphatic carbocycles. The van der Waals surface area contributed by atoms with Gasteiger partial charge in [-0.3, -0.25) is 9.69 Å². The zero-order valence-electron chi connectivity index (χ0n) is 22.9. The second-order valence-electron chi connectivity index (χ2n) is 11.4. The maximum absolute atomic E-state index is 12.1. The molecule has 0 saturated carbocycles. The van der Waals surface area contributed by atoms with E-state index in [1.807, 2.05) is 24.3 Å². The summed E-state index contributed by atoms with van der Waals surface area (Å²) >= 11 is 12.3. The molecule has 1 aromatic heterocycles. The van der Waals surface area contributed by atoms with Gasteiger partial charge in [-0.1, -0.05) is 54.8 Å². The fourth-order valence-electron chi connectivity index (χ4n) is 5.51. The van der Waals surface area contributed by atoms with Crippen molar-refractivity contribution in [1.29, 1.82) is 0 Å². The van der Waals surface area contributed by atoms with Gasteiger partial charge in [0.25, 0.3) is 5.91 Å². The molecule has 7 nitrogen and oxygen atoms in total. The Balaban J connectivity index is 1.30. The predicted octanol–water partition coefficient (Wildman–Crippen LogP) is 6.65. The van der Waals surface area contributed by atoms with Crippen molar-refractivity contribution in [2.75, 3.05) is 43.4 Å². The van der Waals surface area contributed by atoms with Crippen LogP contribution in [0.3, 0.4) is 0 Å². The fourth-order valence-corrected chi connectivity index (χ4v) is 5.79. The second-order valence-corrected chi connectivity index (χ2v) is 12.2. The molecule has 0 bridgehead atoms. The van der Waals surface area contributed by atoms with E-state index in [1.165, 1.54) is 29.3 Å². The number of rotatable bonds is 7. The van der Waals surface area contributed by atoms with E-state index in [9.17, 15) is 4.79 Å². The summed E-state index contributed by atoms with van der Waals surface area (Å²) in [6, 6.07) is 15.3. The molecule has 2 aromatic carbocycles. The van der Waals surface area contributed by atoms with Gasteiger partial charge in [-0.15, -0.1) is 0 Å². The number of benzene rings is 2. The summed E-state index contributed by atoms with van der Waals surface area (Å²) in [5, 5.41) is 1.05. The Labute approximate surface area is 245 Å². The van der Waals surface area contributed by atoms with Crippen molar-refractivity contribution < 1.29 is 9.53 Å². The van der Waals surface area contributed by atoms with Crippen molar-refractivity contribution in [2.24, 2.45) is 11.1 Å². The average molecular weight is 581 g/mol. The van der Waals surface area contributed by atoms with Crippen LogP contribution in [-0.2, 0) is 0 Å². The van der Waals surface area contributed by atoms with Crippen LogP contribution in [0.2, 0.25) is 10.0 Å². The minimum atomic E-state index is -0.568. The highest BCUT2D eigenvalue weighted by Gasteiger charge is 2.29. The van der Waals surface area contributed by atoms with Crippen LogP contribution in [0.5, 0.6) is 11.5 Å². The molecule has 210 valence electrons. The summed E-state index contributed by atoms with van der Waals surface area (Å²) < 4.78 is 5.98. The molecule has 4 N–H and O–H groups in total. The Morgan fingerprint density at radius 1 is 1.05 bits per heavy atom. The standard InChI is InChI=1S/C31H35Cl2N5O2/c1-31(2)10-9-21(26(17-31)20-3-5-22(32)6-4-20)19-37-11-13-38(14-12-37)23-7-8-25(30(35)39)28(15-23)40-24-16-27(33)29(34)36-18-24/h3-8,15-16,18H,9-14,17,19H2,1-2H3,(H2,34,36)(H2,35,39). The summed E-state index contributed by atoms with van der Waals surface area (Å²) in [4.78, 5) is 21.0. The number of hydrogen-bond donors (Lipinski definition) is 2. The smallest absolute Gasteiger partial charge is 0.252 e. The molecule has 40 heavy (non-hydrogen) atoms. The third-order valence-electron chi connectivity index (χ3n) is 7.83. The van der Waals surface area contributed by atoms with Gasteiger partial charge in [0.05, 0.1) is 16.8 Å². The maximum Gasteiger partial charge on any atom is 0.252 e. The number of carbonyl (C=O) groups is 1. The molecule has 1 saturated heterocycles. The van der Waals surface area contributed by atoms with Crippen LogP contribution < -0.4 is 21.1 Å². The van der Waals surface area contributed by atoms with Gasteiger partial charge < -0.3 is 21.1 Å². The summed E-state index contributed by atoms with van der Waals surface area (Å²) in [6.45, 7) is 9.29.